The Morgan fingerprint density at radius 1 is 0.871 bits per heavy atom. The molecule has 0 saturated carbocycles. The van der Waals surface area contributed by atoms with Gasteiger partial charge in [0.1, 0.15) is 19.0 Å². The molecule has 0 heterocycles. The van der Waals surface area contributed by atoms with E-state index in [-0.39, 0.29) is 18.8 Å². The molecule has 0 aliphatic rings. The minimum atomic E-state index is -0.585. The van der Waals surface area contributed by atoms with E-state index in [9.17, 15) is 9.59 Å². The number of benzene rings is 2. The lowest BCUT2D eigenvalue weighted by molar-refractivity contribution is -0.138. The second kappa shape index (κ2) is 13.0. The zero-order valence-corrected chi connectivity index (χ0v) is 17.8. The molecule has 2 rings (SSSR count). The van der Waals surface area contributed by atoms with Crippen molar-refractivity contribution < 1.29 is 23.8 Å². The summed E-state index contributed by atoms with van der Waals surface area (Å²) in [6, 6.07) is 11.9. The van der Waals surface area contributed by atoms with Gasteiger partial charge in [0.2, 0.25) is 0 Å². The molecule has 0 aromatic heterocycles. The number of nitrogen functional groups attached to an aromatic ring is 2. The van der Waals surface area contributed by atoms with Gasteiger partial charge in [-0.25, -0.2) is 9.59 Å². The van der Waals surface area contributed by atoms with E-state index in [4.69, 9.17) is 25.7 Å². The molecular weight excluding hydrogens is 396 g/mol. The monoisotopic (exact) mass is 426 g/mol. The first kappa shape index (κ1) is 23.8. The van der Waals surface area contributed by atoms with Crippen molar-refractivity contribution in [3.05, 3.63) is 59.7 Å². The number of rotatable bonds is 12. The van der Waals surface area contributed by atoms with E-state index in [0.29, 0.717) is 18.0 Å². The van der Waals surface area contributed by atoms with E-state index in [1.165, 1.54) is 37.5 Å². The van der Waals surface area contributed by atoms with E-state index >= 15 is 0 Å². The zero-order valence-electron chi connectivity index (χ0n) is 17.8. The molecule has 7 nitrogen and oxygen atoms in total. The van der Waals surface area contributed by atoms with Gasteiger partial charge in [0.05, 0.1) is 12.2 Å². The largest absolute Gasteiger partial charge is 0.494 e. The average molecular weight is 427 g/mol. The summed E-state index contributed by atoms with van der Waals surface area (Å²) < 4.78 is 15.8. The van der Waals surface area contributed by atoms with Crippen LogP contribution in [0.2, 0.25) is 0 Å². The van der Waals surface area contributed by atoms with Crippen LogP contribution in [0, 0.1) is 0 Å². The van der Waals surface area contributed by atoms with Crippen LogP contribution >= 0.6 is 0 Å². The maximum atomic E-state index is 11.9. The van der Waals surface area contributed by atoms with E-state index < -0.39 is 11.9 Å². The van der Waals surface area contributed by atoms with Crippen LogP contribution in [-0.4, -0.2) is 31.8 Å². The molecule has 0 amide bonds. The van der Waals surface area contributed by atoms with Crippen LogP contribution in [0.1, 0.15) is 48.5 Å². The van der Waals surface area contributed by atoms with Gasteiger partial charge in [-0.3, -0.25) is 0 Å². The molecule has 0 saturated heterocycles. The molecule has 2 aromatic rings. The van der Waals surface area contributed by atoms with Crippen molar-refractivity contribution in [3.63, 3.8) is 0 Å². The Morgan fingerprint density at radius 3 is 2.23 bits per heavy atom. The Balaban J connectivity index is 1.67. The van der Waals surface area contributed by atoms with Gasteiger partial charge in [-0.05, 0) is 48.4 Å². The fourth-order valence-corrected chi connectivity index (χ4v) is 2.76. The van der Waals surface area contributed by atoms with Gasteiger partial charge >= 0.3 is 11.9 Å². The number of carbonyl (C=O) groups excluding carboxylic acids is 2. The van der Waals surface area contributed by atoms with Gasteiger partial charge in [0, 0.05) is 17.5 Å². The van der Waals surface area contributed by atoms with Crippen molar-refractivity contribution in [2.45, 2.75) is 32.6 Å². The highest BCUT2D eigenvalue weighted by molar-refractivity contribution is 5.91. The molecule has 0 aliphatic heterocycles. The predicted octanol–water partition coefficient (Wildman–Crippen LogP) is 4.22. The Bertz CT molecular complexity index is 858. The fourth-order valence-electron chi connectivity index (χ4n) is 2.76. The van der Waals surface area contributed by atoms with Crippen LogP contribution in [0.15, 0.2) is 48.5 Å². The van der Waals surface area contributed by atoms with E-state index in [0.717, 1.165) is 17.7 Å². The smallest absolute Gasteiger partial charge is 0.338 e. The second-order valence-corrected chi connectivity index (χ2v) is 7.00. The highest BCUT2D eigenvalue weighted by Gasteiger charge is 2.09. The topological polar surface area (TPSA) is 114 Å². The third-order valence-corrected chi connectivity index (χ3v) is 4.33. The second-order valence-electron chi connectivity index (χ2n) is 7.00. The van der Waals surface area contributed by atoms with Gasteiger partial charge in [-0.2, -0.15) is 0 Å². The lowest BCUT2D eigenvalue weighted by atomic mass is 10.2. The molecule has 31 heavy (non-hydrogen) atoms. The molecule has 4 N–H and O–H groups in total. The number of carbonyl (C=O) groups is 2. The number of hydrogen-bond donors (Lipinski definition) is 2. The van der Waals surface area contributed by atoms with Crippen molar-refractivity contribution in [1.82, 2.24) is 0 Å². The summed E-state index contributed by atoms with van der Waals surface area (Å²) in [5, 5.41) is 0. The standard InChI is InChI=1S/C24H30N2O5/c1-2-3-4-5-12-29-22-9-6-18(7-10-22)8-11-23(27)30-13-14-31-24(28)19-15-20(25)17-21(26)16-19/h6-11,15-17H,2-5,12-14,25-26H2,1H3. The number of hydrogen-bond acceptors (Lipinski definition) is 7. The van der Waals surface area contributed by atoms with Crippen molar-refractivity contribution in [3.8, 4) is 5.75 Å². The van der Waals surface area contributed by atoms with Gasteiger partial charge in [-0.1, -0.05) is 38.3 Å². The maximum absolute atomic E-state index is 11.9. The molecule has 0 aliphatic carbocycles. The number of ether oxygens (including phenoxy) is 3. The number of unbranched alkanes of at least 4 members (excludes halogenated alkanes) is 3. The van der Waals surface area contributed by atoms with E-state index in [1.54, 1.807) is 12.1 Å². The maximum Gasteiger partial charge on any atom is 0.338 e. The van der Waals surface area contributed by atoms with Crippen LogP contribution in [0.4, 0.5) is 11.4 Å². The quantitative estimate of drug-likeness (QED) is 0.226. The van der Waals surface area contributed by atoms with Gasteiger partial charge < -0.3 is 25.7 Å². The summed E-state index contributed by atoms with van der Waals surface area (Å²) in [6.45, 7) is 2.75. The third kappa shape index (κ3) is 9.25. The summed E-state index contributed by atoms with van der Waals surface area (Å²) in [4.78, 5) is 23.8. The SMILES string of the molecule is CCCCCCOc1ccc(C=CC(=O)OCCOC(=O)c2cc(N)cc(N)c2)cc1. The zero-order chi connectivity index (χ0) is 22.5. The minimum absolute atomic E-state index is 0.0580. The number of esters is 2. The van der Waals surface area contributed by atoms with Crippen LogP contribution in [0.5, 0.6) is 5.75 Å². The first-order chi connectivity index (χ1) is 15.0. The molecule has 0 atom stereocenters. The van der Waals surface area contributed by atoms with Crippen molar-refractivity contribution in [1.29, 1.82) is 0 Å². The third-order valence-electron chi connectivity index (χ3n) is 4.33. The Hall–Kier alpha value is -3.48. The van der Waals surface area contributed by atoms with Crippen molar-refractivity contribution in [2.75, 3.05) is 31.3 Å². The lowest BCUT2D eigenvalue weighted by Crippen LogP contribution is -2.13. The average Bonchev–Trinajstić information content (AvgIpc) is 2.75. The Labute approximate surface area is 183 Å². The summed E-state index contributed by atoms with van der Waals surface area (Å²) in [5.74, 6) is -0.307. The summed E-state index contributed by atoms with van der Waals surface area (Å²) in [6.07, 6.45) is 7.62. The van der Waals surface area contributed by atoms with Crippen molar-refractivity contribution in [2.24, 2.45) is 0 Å². The molecular formula is C24H30N2O5. The highest BCUT2D eigenvalue weighted by Crippen LogP contribution is 2.15. The first-order valence-electron chi connectivity index (χ1n) is 10.4. The molecule has 0 spiro atoms. The predicted molar refractivity (Wildman–Crippen MR) is 122 cm³/mol. The van der Waals surface area contributed by atoms with Gasteiger partial charge in [0.25, 0.3) is 0 Å². The molecule has 7 heteroatoms. The highest BCUT2D eigenvalue weighted by atomic mass is 16.6. The van der Waals surface area contributed by atoms with Gasteiger partial charge in [0.15, 0.2) is 0 Å². The molecule has 0 bridgehead atoms. The fraction of sp³-hybridized carbons (Fsp3) is 0.333. The van der Waals surface area contributed by atoms with E-state index in [2.05, 4.69) is 6.92 Å². The van der Waals surface area contributed by atoms with E-state index in [1.807, 2.05) is 24.3 Å². The Kier molecular flexibility index (Phi) is 9.94. The van der Waals surface area contributed by atoms with Crippen LogP contribution < -0.4 is 16.2 Å². The molecule has 0 fully saturated rings. The normalized spacial score (nSPS) is 10.7. The van der Waals surface area contributed by atoms with Gasteiger partial charge in [-0.15, -0.1) is 0 Å². The summed E-state index contributed by atoms with van der Waals surface area (Å²) in [5.41, 5.74) is 13.1. The number of anilines is 2. The Morgan fingerprint density at radius 2 is 1.55 bits per heavy atom. The molecule has 2 aromatic carbocycles. The van der Waals surface area contributed by atoms with Crippen LogP contribution in [-0.2, 0) is 14.3 Å². The molecule has 166 valence electrons. The summed E-state index contributed by atoms with van der Waals surface area (Å²) >= 11 is 0. The minimum Gasteiger partial charge on any atom is -0.494 e. The first-order valence-corrected chi connectivity index (χ1v) is 10.4. The summed E-state index contributed by atoms with van der Waals surface area (Å²) in [7, 11) is 0. The van der Waals surface area contributed by atoms with Crippen LogP contribution in [0.3, 0.4) is 0 Å². The molecule has 0 radical (unpaired) electrons. The number of nitrogens with two attached hydrogens (primary N) is 2. The van der Waals surface area contributed by atoms with Crippen molar-refractivity contribution >= 4 is 29.4 Å². The lowest BCUT2D eigenvalue weighted by Gasteiger charge is -2.07. The van der Waals surface area contributed by atoms with Crippen LogP contribution in [0.25, 0.3) is 6.08 Å². The molecule has 0 unspecified atom stereocenters.